The van der Waals surface area contributed by atoms with Crippen molar-refractivity contribution in [3.8, 4) is 5.75 Å². The van der Waals surface area contributed by atoms with E-state index in [1.165, 1.54) is 5.56 Å². The van der Waals surface area contributed by atoms with E-state index in [0.29, 0.717) is 0 Å². The average molecular weight is 330 g/mol. The molecule has 114 valence electrons. The molecule has 5 heteroatoms. The molecule has 0 aromatic heterocycles. The van der Waals surface area contributed by atoms with Crippen molar-refractivity contribution in [3.05, 3.63) is 60.2 Å². The van der Waals surface area contributed by atoms with E-state index in [9.17, 15) is 0 Å². The van der Waals surface area contributed by atoms with Crippen LogP contribution >= 0.6 is 24.0 Å². The largest absolute Gasteiger partial charge is 0.497 e. The van der Waals surface area contributed by atoms with Gasteiger partial charge in [0.15, 0.2) is 0 Å². The number of methoxy groups -OCH3 is 1. The molecule has 0 aliphatic carbocycles. The van der Waals surface area contributed by atoms with Crippen LogP contribution in [0.5, 0.6) is 5.75 Å². The lowest BCUT2D eigenvalue weighted by atomic mass is 10.2. The SMILES string of the molecule is COc1ccc(N2CN(Cc3ccccc3)CSC2=S)cc1. The summed E-state index contributed by atoms with van der Waals surface area (Å²) in [5.41, 5.74) is 2.43. The van der Waals surface area contributed by atoms with E-state index < -0.39 is 0 Å². The highest BCUT2D eigenvalue weighted by atomic mass is 32.2. The molecule has 1 fully saturated rings. The van der Waals surface area contributed by atoms with Crippen LogP contribution in [0.1, 0.15) is 5.56 Å². The van der Waals surface area contributed by atoms with Gasteiger partial charge in [-0.2, -0.15) is 0 Å². The molecule has 0 radical (unpaired) electrons. The van der Waals surface area contributed by atoms with Crippen molar-refractivity contribution in [1.82, 2.24) is 4.90 Å². The summed E-state index contributed by atoms with van der Waals surface area (Å²) in [7, 11) is 1.68. The first-order valence-corrected chi connectivity index (χ1v) is 8.50. The summed E-state index contributed by atoms with van der Waals surface area (Å²) in [6, 6.07) is 18.6. The second-order valence-electron chi connectivity index (χ2n) is 5.12. The zero-order valence-electron chi connectivity index (χ0n) is 12.4. The van der Waals surface area contributed by atoms with Gasteiger partial charge in [0, 0.05) is 12.2 Å². The second kappa shape index (κ2) is 7.13. The van der Waals surface area contributed by atoms with Gasteiger partial charge in [-0.3, -0.25) is 4.90 Å². The quantitative estimate of drug-likeness (QED) is 0.787. The number of rotatable bonds is 4. The van der Waals surface area contributed by atoms with Crippen molar-refractivity contribution in [3.63, 3.8) is 0 Å². The summed E-state index contributed by atoms with van der Waals surface area (Å²) in [6.07, 6.45) is 0. The molecular weight excluding hydrogens is 312 g/mol. The molecule has 0 spiro atoms. The van der Waals surface area contributed by atoms with Crippen LogP contribution in [0, 0.1) is 0 Å². The minimum absolute atomic E-state index is 0.813. The molecule has 1 aliphatic rings. The van der Waals surface area contributed by atoms with E-state index in [4.69, 9.17) is 17.0 Å². The van der Waals surface area contributed by atoms with Gasteiger partial charge in [0.25, 0.3) is 0 Å². The van der Waals surface area contributed by atoms with Gasteiger partial charge in [0.2, 0.25) is 0 Å². The predicted molar refractivity (Wildman–Crippen MR) is 97.4 cm³/mol. The monoisotopic (exact) mass is 330 g/mol. The zero-order valence-corrected chi connectivity index (χ0v) is 14.1. The van der Waals surface area contributed by atoms with Crippen LogP contribution in [-0.4, -0.2) is 28.9 Å². The Morgan fingerprint density at radius 2 is 1.82 bits per heavy atom. The minimum atomic E-state index is 0.813. The zero-order chi connectivity index (χ0) is 15.4. The maximum absolute atomic E-state index is 5.52. The smallest absolute Gasteiger partial charge is 0.143 e. The molecule has 0 amide bonds. The standard InChI is InChI=1S/C17H18N2OS2/c1-20-16-9-7-15(8-10-16)19-12-18(13-22-17(19)21)11-14-5-3-2-4-6-14/h2-10H,11-13H2,1H3. The normalized spacial score (nSPS) is 15.9. The van der Waals surface area contributed by atoms with E-state index in [-0.39, 0.29) is 0 Å². The van der Waals surface area contributed by atoms with Gasteiger partial charge < -0.3 is 9.64 Å². The number of thioether (sulfide) groups is 1. The topological polar surface area (TPSA) is 15.7 Å². The molecule has 2 aromatic rings. The number of hydrogen-bond donors (Lipinski definition) is 0. The van der Waals surface area contributed by atoms with Crippen molar-refractivity contribution in [2.75, 3.05) is 24.6 Å². The van der Waals surface area contributed by atoms with Crippen molar-refractivity contribution in [2.45, 2.75) is 6.54 Å². The summed E-state index contributed by atoms with van der Waals surface area (Å²) in [6.45, 7) is 1.75. The molecule has 0 saturated carbocycles. The maximum atomic E-state index is 5.52. The third-order valence-corrected chi connectivity index (χ3v) is 5.10. The Morgan fingerprint density at radius 1 is 1.09 bits per heavy atom. The fraction of sp³-hybridized carbons (Fsp3) is 0.235. The van der Waals surface area contributed by atoms with Gasteiger partial charge in [-0.1, -0.05) is 54.3 Å². The Hall–Kier alpha value is -1.56. The number of ether oxygens (including phenoxy) is 1. The Kier molecular flexibility index (Phi) is 4.97. The molecule has 0 atom stereocenters. The van der Waals surface area contributed by atoms with Crippen molar-refractivity contribution >= 4 is 34.0 Å². The van der Waals surface area contributed by atoms with Crippen LogP contribution in [-0.2, 0) is 6.54 Å². The van der Waals surface area contributed by atoms with Gasteiger partial charge in [0.1, 0.15) is 10.1 Å². The summed E-state index contributed by atoms with van der Waals surface area (Å²) < 4.78 is 6.14. The number of hydrogen-bond acceptors (Lipinski definition) is 4. The van der Waals surface area contributed by atoms with Crippen LogP contribution in [0.25, 0.3) is 0 Å². The predicted octanol–water partition coefficient (Wildman–Crippen LogP) is 3.95. The van der Waals surface area contributed by atoms with Crippen molar-refractivity contribution in [1.29, 1.82) is 0 Å². The highest BCUT2D eigenvalue weighted by Gasteiger charge is 2.22. The Balaban J connectivity index is 1.71. The Labute approximate surface area is 140 Å². The molecule has 3 rings (SSSR count). The fourth-order valence-electron chi connectivity index (χ4n) is 2.41. The molecule has 0 unspecified atom stereocenters. The van der Waals surface area contributed by atoms with Crippen LogP contribution in [0.4, 0.5) is 5.69 Å². The Bertz CT molecular complexity index is 631. The first-order chi connectivity index (χ1) is 10.8. The molecule has 1 saturated heterocycles. The molecule has 0 N–H and O–H groups in total. The number of thiocarbonyl (C=S) groups is 1. The van der Waals surface area contributed by atoms with E-state index in [1.807, 2.05) is 18.2 Å². The van der Waals surface area contributed by atoms with Gasteiger partial charge in [-0.05, 0) is 29.8 Å². The summed E-state index contributed by atoms with van der Waals surface area (Å²) in [4.78, 5) is 4.56. The molecular formula is C17H18N2OS2. The third-order valence-electron chi connectivity index (χ3n) is 3.57. The van der Waals surface area contributed by atoms with Crippen LogP contribution in [0.2, 0.25) is 0 Å². The summed E-state index contributed by atoms with van der Waals surface area (Å²) in [5.74, 6) is 1.79. The minimum Gasteiger partial charge on any atom is -0.497 e. The van der Waals surface area contributed by atoms with E-state index in [2.05, 4.69) is 46.2 Å². The van der Waals surface area contributed by atoms with Gasteiger partial charge in [-0.25, -0.2) is 0 Å². The molecule has 1 aliphatic heterocycles. The van der Waals surface area contributed by atoms with E-state index in [1.54, 1.807) is 18.9 Å². The molecule has 22 heavy (non-hydrogen) atoms. The van der Waals surface area contributed by atoms with Gasteiger partial charge in [0.05, 0.1) is 19.7 Å². The number of nitrogens with zero attached hydrogens (tertiary/aromatic N) is 2. The average Bonchev–Trinajstić information content (AvgIpc) is 2.58. The lowest BCUT2D eigenvalue weighted by Gasteiger charge is -2.36. The van der Waals surface area contributed by atoms with Crippen LogP contribution in [0.15, 0.2) is 54.6 Å². The third kappa shape index (κ3) is 3.61. The van der Waals surface area contributed by atoms with Crippen LogP contribution < -0.4 is 9.64 Å². The number of benzene rings is 2. The Morgan fingerprint density at radius 3 is 2.50 bits per heavy atom. The first-order valence-electron chi connectivity index (χ1n) is 7.11. The second-order valence-corrected chi connectivity index (χ2v) is 6.70. The molecule has 1 heterocycles. The van der Waals surface area contributed by atoms with Gasteiger partial charge >= 0.3 is 0 Å². The lowest BCUT2D eigenvalue weighted by molar-refractivity contribution is 0.321. The lowest BCUT2D eigenvalue weighted by Crippen LogP contribution is -2.44. The molecule has 2 aromatic carbocycles. The summed E-state index contributed by atoms with van der Waals surface area (Å²) >= 11 is 7.23. The number of anilines is 1. The molecule has 0 bridgehead atoms. The van der Waals surface area contributed by atoms with Crippen molar-refractivity contribution < 1.29 is 4.74 Å². The van der Waals surface area contributed by atoms with Gasteiger partial charge in [-0.15, -0.1) is 0 Å². The highest BCUT2D eigenvalue weighted by molar-refractivity contribution is 8.23. The summed E-state index contributed by atoms with van der Waals surface area (Å²) in [5, 5.41) is 0. The van der Waals surface area contributed by atoms with E-state index >= 15 is 0 Å². The van der Waals surface area contributed by atoms with E-state index in [0.717, 1.165) is 34.8 Å². The molecule has 3 nitrogen and oxygen atoms in total. The highest BCUT2D eigenvalue weighted by Crippen LogP contribution is 2.27. The fourth-order valence-corrected chi connectivity index (χ4v) is 3.52. The van der Waals surface area contributed by atoms with Crippen molar-refractivity contribution in [2.24, 2.45) is 0 Å². The maximum Gasteiger partial charge on any atom is 0.143 e. The first kappa shape index (κ1) is 15.3. The van der Waals surface area contributed by atoms with Crippen LogP contribution in [0.3, 0.4) is 0 Å².